The third-order valence-corrected chi connectivity index (χ3v) is 5.51. The van der Waals surface area contributed by atoms with E-state index in [1.54, 1.807) is 11.8 Å². The van der Waals surface area contributed by atoms with Crippen LogP contribution in [0.25, 0.3) is 11.0 Å². The molecule has 0 saturated carbocycles. The zero-order valence-corrected chi connectivity index (χ0v) is 19.2. The molecule has 0 aliphatic heterocycles. The van der Waals surface area contributed by atoms with Crippen molar-refractivity contribution in [3.63, 3.8) is 0 Å². The van der Waals surface area contributed by atoms with Crippen LogP contribution in [0.15, 0.2) is 78.9 Å². The van der Waals surface area contributed by atoms with Gasteiger partial charge in [0.1, 0.15) is 18.1 Å². The number of amides is 2. The highest BCUT2D eigenvalue weighted by molar-refractivity contribution is 6.01. The minimum absolute atomic E-state index is 0.0664. The quantitative estimate of drug-likeness (QED) is 0.390. The summed E-state index contributed by atoms with van der Waals surface area (Å²) in [5.41, 5.74) is 3.83. The monoisotopic (exact) mass is 457 g/mol. The van der Waals surface area contributed by atoms with Gasteiger partial charge in [-0.2, -0.15) is 0 Å². The summed E-state index contributed by atoms with van der Waals surface area (Å²) in [4.78, 5) is 28.8. The van der Waals surface area contributed by atoms with Crippen LogP contribution in [0, 0.1) is 6.92 Å². The molecule has 1 N–H and O–H groups in total. The molecule has 0 unspecified atom stereocenters. The SMILES string of the molecule is COCCNC(=O)[C@H](c1ccccc1)N(C(=O)Cn1nnc2ccccc21)c1ccc(C)cc1. The number of hydrogen-bond donors (Lipinski definition) is 1. The van der Waals surface area contributed by atoms with Crippen LogP contribution in [0.1, 0.15) is 17.2 Å². The van der Waals surface area contributed by atoms with E-state index < -0.39 is 6.04 Å². The summed E-state index contributed by atoms with van der Waals surface area (Å²) in [6, 6.07) is 23.4. The molecule has 4 aromatic rings. The van der Waals surface area contributed by atoms with Crippen molar-refractivity contribution in [2.75, 3.05) is 25.2 Å². The number of nitrogens with one attached hydrogen (secondary N) is 1. The Labute approximate surface area is 198 Å². The summed E-state index contributed by atoms with van der Waals surface area (Å²) in [6.07, 6.45) is 0. The Balaban J connectivity index is 1.75. The van der Waals surface area contributed by atoms with Gasteiger partial charge in [0.2, 0.25) is 11.8 Å². The Morgan fingerprint density at radius 2 is 1.71 bits per heavy atom. The Kier molecular flexibility index (Phi) is 7.29. The average Bonchev–Trinajstić information content (AvgIpc) is 3.26. The molecule has 2 amide bonds. The first-order chi connectivity index (χ1) is 16.6. The number of para-hydroxylation sites is 1. The van der Waals surface area contributed by atoms with E-state index in [4.69, 9.17) is 4.74 Å². The maximum atomic E-state index is 13.8. The zero-order valence-electron chi connectivity index (χ0n) is 19.2. The summed E-state index contributed by atoms with van der Waals surface area (Å²) in [6.45, 7) is 2.62. The Hall–Kier alpha value is -4.04. The number of carbonyl (C=O) groups is 2. The zero-order chi connectivity index (χ0) is 23.9. The highest BCUT2D eigenvalue weighted by atomic mass is 16.5. The molecular formula is C26H27N5O3. The largest absolute Gasteiger partial charge is 0.383 e. The molecular weight excluding hydrogens is 430 g/mol. The molecule has 0 spiro atoms. The lowest BCUT2D eigenvalue weighted by atomic mass is 10.0. The minimum atomic E-state index is -0.872. The van der Waals surface area contributed by atoms with Crippen molar-refractivity contribution in [3.8, 4) is 0 Å². The van der Waals surface area contributed by atoms with E-state index in [-0.39, 0.29) is 18.4 Å². The van der Waals surface area contributed by atoms with Gasteiger partial charge in [0.05, 0.1) is 12.1 Å². The van der Waals surface area contributed by atoms with E-state index in [0.717, 1.165) is 11.1 Å². The van der Waals surface area contributed by atoms with Gasteiger partial charge in [0, 0.05) is 19.3 Å². The molecule has 0 aliphatic rings. The van der Waals surface area contributed by atoms with E-state index in [2.05, 4.69) is 15.6 Å². The molecule has 4 rings (SSSR count). The fraction of sp³-hybridized carbons (Fsp3) is 0.231. The second kappa shape index (κ2) is 10.7. The number of benzene rings is 3. The lowest BCUT2D eigenvalue weighted by Gasteiger charge is -2.31. The third kappa shape index (κ3) is 5.13. The van der Waals surface area contributed by atoms with Crippen molar-refractivity contribution in [2.45, 2.75) is 19.5 Å². The van der Waals surface area contributed by atoms with Gasteiger partial charge in [-0.25, -0.2) is 4.68 Å². The van der Waals surface area contributed by atoms with Gasteiger partial charge in [0.15, 0.2) is 0 Å². The van der Waals surface area contributed by atoms with Crippen molar-refractivity contribution < 1.29 is 14.3 Å². The van der Waals surface area contributed by atoms with E-state index in [9.17, 15) is 9.59 Å². The molecule has 0 radical (unpaired) electrons. The van der Waals surface area contributed by atoms with Crippen molar-refractivity contribution in [3.05, 3.63) is 90.0 Å². The predicted octanol–water partition coefficient (Wildman–Crippen LogP) is 3.28. The molecule has 8 heteroatoms. The molecule has 8 nitrogen and oxygen atoms in total. The first-order valence-corrected chi connectivity index (χ1v) is 11.1. The molecule has 174 valence electrons. The maximum absolute atomic E-state index is 13.8. The molecule has 0 saturated heterocycles. The minimum Gasteiger partial charge on any atom is -0.383 e. The van der Waals surface area contributed by atoms with Gasteiger partial charge in [-0.15, -0.1) is 5.10 Å². The van der Waals surface area contributed by atoms with Gasteiger partial charge >= 0.3 is 0 Å². The lowest BCUT2D eigenvalue weighted by molar-refractivity contribution is -0.127. The molecule has 34 heavy (non-hydrogen) atoms. The van der Waals surface area contributed by atoms with Crippen LogP contribution in [0.3, 0.4) is 0 Å². The number of hydrogen-bond acceptors (Lipinski definition) is 5. The van der Waals surface area contributed by atoms with Crippen LogP contribution in [-0.4, -0.2) is 47.1 Å². The molecule has 1 heterocycles. The number of fused-ring (bicyclic) bond motifs is 1. The maximum Gasteiger partial charge on any atom is 0.249 e. The standard InChI is InChI=1S/C26H27N5O3/c1-19-12-14-21(15-13-19)31(24(32)18-30-23-11-7-6-10-22(23)28-29-30)25(20-8-4-3-5-9-20)26(33)27-16-17-34-2/h3-15,25H,16-18H2,1-2H3,(H,27,33)/t25-/m0/s1. The molecule has 1 aromatic heterocycles. The van der Waals surface area contributed by atoms with Crippen LogP contribution in [0.4, 0.5) is 5.69 Å². The van der Waals surface area contributed by atoms with E-state index in [0.29, 0.717) is 29.9 Å². The number of aromatic nitrogens is 3. The van der Waals surface area contributed by atoms with Crippen LogP contribution in [0.2, 0.25) is 0 Å². The van der Waals surface area contributed by atoms with Crippen LogP contribution in [0.5, 0.6) is 0 Å². The summed E-state index contributed by atoms with van der Waals surface area (Å²) in [7, 11) is 1.57. The van der Waals surface area contributed by atoms with Gasteiger partial charge in [0.25, 0.3) is 0 Å². The van der Waals surface area contributed by atoms with Gasteiger partial charge in [-0.3, -0.25) is 14.5 Å². The highest BCUT2D eigenvalue weighted by Gasteiger charge is 2.33. The first-order valence-electron chi connectivity index (χ1n) is 11.1. The van der Waals surface area contributed by atoms with Crippen molar-refractivity contribution >= 4 is 28.5 Å². The van der Waals surface area contributed by atoms with Gasteiger partial charge in [-0.05, 0) is 36.8 Å². The first kappa shape index (κ1) is 23.1. The summed E-state index contributed by atoms with van der Waals surface area (Å²) in [5, 5.41) is 11.2. The predicted molar refractivity (Wildman–Crippen MR) is 130 cm³/mol. The van der Waals surface area contributed by atoms with E-state index >= 15 is 0 Å². The molecule has 1 atom stereocenters. The topological polar surface area (TPSA) is 89.4 Å². The molecule has 3 aromatic carbocycles. The van der Waals surface area contributed by atoms with E-state index in [1.165, 1.54) is 4.90 Å². The van der Waals surface area contributed by atoms with E-state index in [1.807, 2.05) is 85.8 Å². The van der Waals surface area contributed by atoms with Crippen molar-refractivity contribution in [1.29, 1.82) is 0 Å². The average molecular weight is 458 g/mol. The third-order valence-electron chi connectivity index (χ3n) is 5.51. The second-order valence-electron chi connectivity index (χ2n) is 7.93. The van der Waals surface area contributed by atoms with Gasteiger partial charge in [-0.1, -0.05) is 65.4 Å². The van der Waals surface area contributed by atoms with Crippen LogP contribution < -0.4 is 10.2 Å². The summed E-state index contributed by atoms with van der Waals surface area (Å²) < 4.78 is 6.64. The highest BCUT2D eigenvalue weighted by Crippen LogP contribution is 2.29. The number of methoxy groups -OCH3 is 1. The van der Waals surface area contributed by atoms with Crippen molar-refractivity contribution in [2.24, 2.45) is 0 Å². The fourth-order valence-corrected chi connectivity index (χ4v) is 3.81. The summed E-state index contributed by atoms with van der Waals surface area (Å²) in [5.74, 6) is -0.573. The Morgan fingerprint density at radius 1 is 1.00 bits per heavy atom. The van der Waals surface area contributed by atoms with Gasteiger partial charge < -0.3 is 10.1 Å². The lowest BCUT2D eigenvalue weighted by Crippen LogP contribution is -2.46. The smallest absolute Gasteiger partial charge is 0.249 e. The van der Waals surface area contributed by atoms with Crippen molar-refractivity contribution in [1.82, 2.24) is 20.3 Å². The number of anilines is 1. The Bertz CT molecular complexity index is 1250. The summed E-state index contributed by atoms with van der Waals surface area (Å²) >= 11 is 0. The van der Waals surface area contributed by atoms with Crippen LogP contribution in [-0.2, 0) is 20.9 Å². The second-order valence-corrected chi connectivity index (χ2v) is 7.93. The van der Waals surface area contributed by atoms with Crippen LogP contribution >= 0.6 is 0 Å². The molecule has 0 bridgehead atoms. The number of nitrogens with zero attached hydrogens (tertiary/aromatic N) is 4. The fourth-order valence-electron chi connectivity index (χ4n) is 3.81. The molecule has 0 aliphatic carbocycles. The number of rotatable bonds is 9. The number of aryl methyl sites for hydroxylation is 1. The number of ether oxygens (including phenoxy) is 1. The molecule has 0 fully saturated rings. The normalized spacial score (nSPS) is 11.8. The Morgan fingerprint density at radius 3 is 2.44 bits per heavy atom. The number of carbonyl (C=O) groups excluding carboxylic acids is 2.